The molecule has 6 heteroatoms. The Morgan fingerprint density at radius 3 is 1.33 bits per heavy atom. The van der Waals surface area contributed by atoms with Crippen molar-refractivity contribution in [3.63, 3.8) is 0 Å². The van der Waals surface area contributed by atoms with Crippen molar-refractivity contribution in [1.82, 2.24) is 0 Å². The Hall–Kier alpha value is -3.93. The van der Waals surface area contributed by atoms with E-state index in [4.69, 9.17) is 14.2 Å². The first kappa shape index (κ1) is 53.1. The van der Waals surface area contributed by atoms with E-state index in [2.05, 4.69) is 75.5 Å². The Morgan fingerprint density at radius 1 is 0.386 bits per heavy atom. The molecule has 6 nitrogen and oxygen atoms in total. The van der Waals surface area contributed by atoms with E-state index in [0.29, 0.717) is 19.3 Å². The zero-order valence-electron chi connectivity index (χ0n) is 36.3. The molecular formula is C51H80O6. The highest BCUT2D eigenvalue weighted by molar-refractivity contribution is 5.71. The largest absolute Gasteiger partial charge is 0.462 e. The van der Waals surface area contributed by atoms with Crippen LogP contribution in [0.5, 0.6) is 0 Å². The van der Waals surface area contributed by atoms with Gasteiger partial charge in [-0.3, -0.25) is 14.4 Å². The van der Waals surface area contributed by atoms with Crippen LogP contribution in [0.4, 0.5) is 0 Å². The van der Waals surface area contributed by atoms with Gasteiger partial charge in [-0.05, 0) is 83.5 Å². The molecule has 0 spiro atoms. The van der Waals surface area contributed by atoms with Crippen LogP contribution in [-0.4, -0.2) is 37.2 Å². The predicted molar refractivity (Wildman–Crippen MR) is 242 cm³/mol. The summed E-state index contributed by atoms with van der Waals surface area (Å²) in [6.07, 6.45) is 59.4. The van der Waals surface area contributed by atoms with Crippen molar-refractivity contribution in [2.45, 2.75) is 181 Å². The fourth-order valence-electron chi connectivity index (χ4n) is 5.52. The molecule has 0 rings (SSSR count). The minimum atomic E-state index is -0.824. The van der Waals surface area contributed by atoms with Gasteiger partial charge in [0.05, 0.1) is 0 Å². The number of carbonyl (C=O) groups is 3. The lowest BCUT2D eigenvalue weighted by atomic mass is 10.1. The van der Waals surface area contributed by atoms with Crippen molar-refractivity contribution < 1.29 is 28.6 Å². The van der Waals surface area contributed by atoms with E-state index in [-0.39, 0.29) is 31.6 Å². The van der Waals surface area contributed by atoms with Crippen molar-refractivity contribution in [2.24, 2.45) is 0 Å². The minimum Gasteiger partial charge on any atom is -0.462 e. The van der Waals surface area contributed by atoms with Gasteiger partial charge in [0.25, 0.3) is 0 Å². The molecule has 0 saturated carbocycles. The van der Waals surface area contributed by atoms with Crippen molar-refractivity contribution in [3.8, 4) is 0 Å². The Morgan fingerprint density at radius 2 is 0.789 bits per heavy atom. The first-order chi connectivity index (χ1) is 28.0. The van der Waals surface area contributed by atoms with Crippen LogP contribution < -0.4 is 0 Å². The van der Waals surface area contributed by atoms with Gasteiger partial charge in [-0.1, -0.05) is 182 Å². The van der Waals surface area contributed by atoms with Gasteiger partial charge in [-0.15, -0.1) is 0 Å². The lowest BCUT2D eigenvalue weighted by Crippen LogP contribution is -2.30. The highest BCUT2D eigenvalue weighted by Crippen LogP contribution is 2.12. The third kappa shape index (κ3) is 43.0. The van der Waals surface area contributed by atoms with Crippen molar-refractivity contribution in [3.05, 3.63) is 109 Å². The summed E-state index contributed by atoms with van der Waals surface area (Å²) in [6.45, 7) is 6.22. The van der Waals surface area contributed by atoms with Crippen LogP contribution in [0.3, 0.4) is 0 Å². The standard InChI is InChI=1S/C51H80O6/c1-4-7-10-13-16-19-22-24-25-26-28-29-32-35-38-41-44-50(53)56-47-48(46-55-49(52)43-40-37-34-31-21-18-15-12-9-6-3)57-51(54)45-42-39-36-33-30-27-23-20-17-14-11-8-5-2/h7-8,10-11,14-20,23-25,27,30,33,36,48H,4-6,9,12-13,21-22,26,28-29,31-32,34-35,37-47H2,1-3H3/b10-7-,11-8-,17-14-,18-15-,19-16-,23-20-,25-24-,30-27-,36-33-. The van der Waals surface area contributed by atoms with Gasteiger partial charge in [0.2, 0.25) is 0 Å². The second-order valence-corrected chi connectivity index (χ2v) is 14.3. The van der Waals surface area contributed by atoms with E-state index in [9.17, 15) is 14.4 Å². The van der Waals surface area contributed by atoms with Gasteiger partial charge >= 0.3 is 17.9 Å². The molecule has 1 atom stereocenters. The third-order valence-electron chi connectivity index (χ3n) is 8.87. The molecule has 0 aromatic heterocycles. The Balaban J connectivity index is 4.53. The monoisotopic (exact) mass is 789 g/mol. The van der Waals surface area contributed by atoms with Crippen LogP contribution in [-0.2, 0) is 28.6 Å². The maximum atomic E-state index is 12.7. The number of ether oxygens (including phenoxy) is 3. The van der Waals surface area contributed by atoms with E-state index in [0.717, 1.165) is 103 Å². The second-order valence-electron chi connectivity index (χ2n) is 14.3. The van der Waals surface area contributed by atoms with Crippen LogP contribution in [0.15, 0.2) is 109 Å². The van der Waals surface area contributed by atoms with E-state index in [1.54, 1.807) is 0 Å². The van der Waals surface area contributed by atoms with E-state index in [1.165, 1.54) is 25.7 Å². The van der Waals surface area contributed by atoms with E-state index < -0.39 is 12.1 Å². The fraction of sp³-hybridized carbons (Fsp3) is 0.588. The van der Waals surface area contributed by atoms with Crippen molar-refractivity contribution >= 4 is 17.9 Å². The number of hydrogen-bond acceptors (Lipinski definition) is 6. The van der Waals surface area contributed by atoms with E-state index in [1.807, 2.05) is 54.7 Å². The molecule has 0 aliphatic heterocycles. The number of carbonyl (C=O) groups excluding carboxylic acids is 3. The van der Waals surface area contributed by atoms with Crippen LogP contribution >= 0.6 is 0 Å². The average Bonchev–Trinajstić information content (AvgIpc) is 3.21. The van der Waals surface area contributed by atoms with Crippen LogP contribution in [0.2, 0.25) is 0 Å². The van der Waals surface area contributed by atoms with Crippen LogP contribution in [0.25, 0.3) is 0 Å². The van der Waals surface area contributed by atoms with Gasteiger partial charge < -0.3 is 14.2 Å². The fourth-order valence-corrected chi connectivity index (χ4v) is 5.52. The summed E-state index contributed by atoms with van der Waals surface area (Å²) in [5.74, 6) is -1.03. The summed E-state index contributed by atoms with van der Waals surface area (Å²) in [6, 6.07) is 0. The molecule has 0 N–H and O–H groups in total. The summed E-state index contributed by atoms with van der Waals surface area (Å²) in [4.78, 5) is 37.7. The highest BCUT2D eigenvalue weighted by atomic mass is 16.6. The molecule has 0 aromatic carbocycles. The summed E-state index contributed by atoms with van der Waals surface area (Å²) in [5.41, 5.74) is 0. The Bertz CT molecular complexity index is 1230. The molecular weight excluding hydrogens is 709 g/mol. The van der Waals surface area contributed by atoms with Crippen LogP contribution in [0, 0.1) is 0 Å². The SMILES string of the molecule is CC\C=C/C=C\C=C/C=C\C=C/CCCC(=O)OC(COC(=O)CCCCCC/C=C\CCCC)COC(=O)CCCCCCCC/C=C\C/C=C\C/C=C\CC. The zero-order valence-corrected chi connectivity index (χ0v) is 36.3. The summed E-state index contributed by atoms with van der Waals surface area (Å²) in [5, 5.41) is 0. The number of hydrogen-bond donors (Lipinski definition) is 0. The van der Waals surface area contributed by atoms with Crippen LogP contribution in [0.1, 0.15) is 175 Å². The van der Waals surface area contributed by atoms with Crippen molar-refractivity contribution in [1.29, 1.82) is 0 Å². The minimum absolute atomic E-state index is 0.120. The lowest BCUT2D eigenvalue weighted by molar-refractivity contribution is -0.167. The first-order valence-corrected chi connectivity index (χ1v) is 22.5. The van der Waals surface area contributed by atoms with Gasteiger partial charge in [0.1, 0.15) is 13.2 Å². The molecule has 320 valence electrons. The third-order valence-corrected chi connectivity index (χ3v) is 8.87. The first-order valence-electron chi connectivity index (χ1n) is 22.5. The summed E-state index contributed by atoms with van der Waals surface area (Å²) >= 11 is 0. The average molecular weight is 789 g/mol. The number of allylic oxidation sites excluding steroid dienone is 18. The molecule has 0 aliphatic rings. The molecule has 0 radical (unpaired) electrons. The maximum absolute atomic E-state index is 12.7. The van der Waals surface area contributed by atoms with Gasteiger partial charge in [0, 0.05) is 19.3 Å². The molecule has 0 saturated heterocycles. The second kappa shape index (κ2) is 44.8. The highest BCUT2D eigenvalue weighted by Gasteiger charge is 2.19. The normalized spacial score (nSPS) is 13.1. The summed E-state index contributed by atoms with van der Waals surface area (Å²) < 4.78 is 16.6. The topological polar surface area (TPSA) is 78.9 Å². The number of unbranched alkanes of at least 4 members (excludes halogenated alkanes) is 13. The molecule has 0 aliphatic carbocycles. The summed E-state index contributed by atoms with van der Waals surface area (Å²) in [7, 11) is 0. The van der Waals surface area contributed by atoms with Crippen molar-refractivity contribution in [2.75, 3.05) is 13.2 Å². The molecule has 57 heavy (non-hydrogen) atoms. The van der Waals surface area contributed by atoms with E-state index >= 15 is 0 Å². The lowest BCUT2D eigenvalue weighted by Gasteiger charge is -2.18. The smallest absolute Gasteiger partial charge is 0.306 e. The maximum Gasteiger partial charge on any atom is 0.306 e. The number of esters is 3. The predicted octanol–water partition coefficient (Wildman–Crippen LogP) is 14.4. The molecule has 0 fully saturated rings. The number of rotatable bonds is 38. The van der Waals surface area contributed by atoms with Gasteiger partial charge in [-0.2, -0.15) is 0 Å². The molecule has 0 bridgehead atoms. The quantitative estimate of drug-likeness (QED) is 0.0204. The van der Waals surface area contributed by atoms with Gasteiger partial charge in [-0.25, -0.2) is 0 Å². The molecule has 1 unspecified atom stereocenters. The molecule has 0 aromatic rings. The zero-order chi connectivity index (χ0) is 41.5. The van der Waals surface area contributed by atoms with Gasteiger partial charge in [0.15, 0.2) is 6.10 Å². The molecule has 0 amide bonds. The Kier molecular flexibility index (Phi) is 41.7. The Labute approximate surface area is 349 Å². The molecule has 0 heterocycles.